The predicted octanol–water partition coefficient (Wildman–Crippen LogP) is 5.03. The number of hydrogen-bond acceptors (Lipinski definition) is 5. The molecule has 29 heavy (non-hydrogen) atoms. The van der Waals surface area contributed by atoms with Crippen LogP contribution in [0.1, 0.15) is 11.1 Å². The van der Waals surface area contributed by atoms with Crippen LogP contribution >= 0.6 is 23.4 Å². The minimum atomic E-state index is -4.69. The third-order valence-corrected chi connectivity index (χ3v) is 5.19. The molecule has 0 spiro atoms. The number of benzene rings is 2. The average Bonchev–Trinajstić information content (AvgIpc) is 2.65. The Labute approximate surface area is 173 Å². The van der Waals surface area contributed by atoms with Crippen LogP contribution in [0, 0.1) is 10.1 Å². The van der Waals surface area contributed by atoms with E-state index in [1.807, 2.05) is 0 Å². The molecule has 0 aliphatic rings. The Bertz CT molecular complexity index is 924. The highest BCUT2D eigenvalue weighted by atomic mass is 35.5. The molecule has 0 saturated heterocycles. The minimum absolute atomic E-state index is 0.0231. The molecular weight excluding hydrogens is 433 g/mol. The zero-order chi connectivity index (χ0) is 21.8. The molecule has 0 radical (unpaired) electrons. The number of thioether (sulfide) groups is 1. The fourth-order valence-electron chi connectivity index (χ4n) is 2.42. The first-order chi connectivity index (χ1) is 13.5. The molecule has 2 aromatic carbocycles. The Hall–Kier alpha value is -2.46. The molecule has 6 nitrogen and oxygen atoms in total. The molecule has 2 aromatic rings. The fraction of sp³-hybridized carbons (Fsp3) is 0.278. The van der Waals surface area contributed by atoms with Crippen LogP contribution in [-0.4, -0.2) is 35.6 Å². The van der Waals surface area contributed by atoms with Gasteiger partial charge in [-0.05, 0) is 30.3 Å². The second-order valence-corrected chi connectivity index (χ2v) is 7.39. The third-order valence-electron chi connectivity index (χ3n) is 3.91. The Balaban J connectivity index is 2.10. The van der Waals surface area contributed by atoms with Crippen molar-refractivity contribution in [3.63, 3.8) is 0 Å². The summed E-state index contributed by atoms with van der Waals surface area (Å²) in [5.74, 6) is -0.0164. The minimum Gasteiger partial charge on any atom is -0.496 e. The first-order valence-electron chi connectivity index (χ1n) is 8.07. The summed E-state index contributed by atoms with van der Waals surface area (Å²) in [5.41, 5.74) is -1.15. The van der Waals surface area contributed by atoms with Gasteiger partial charge in [0.05, 0.1) is 28.2 Å². The van der Waals surface area contributed by atoms with Gasteiger partial charge in [-0.15, -0.1) is 11.8 Å². The number of methoxy groups -OCH3 is 1. The molecule has 0 saturated carbocycles. The van der Waals surface area contributed by atoms with Crippen molar-refractivity contribution in [3.05, 3.63) is 62.7 Å². The van der Waals surface area contributed by atoms with E-state index in [1.54, 1.807) is 18.2 Å². The topological polar surface area (TPSA) is 72.7 Å². The van der Waals surface area contributed by atoms with E-state index in [0.717, 1.165) is 23.9 Å². The van der Waals surface area contributed by atoms with Crippen molar-refractivity contribution in [2.45, 2.75) is 17.6 Å². The SMILES string of the molecule is COc1ccc(Cl)cc1CN(C)C(=O)CSc1ccc(C(F)(F)F)cc1[N+](=O)[O-]. The maximum Gasteiger partial charge on any atom is 0.416 e. The Morgan fingerprint density at radius 1 is 1.28 bits per heavy atom. The van der Waals surface area contributed by atoms with Gasteiger partial charge in [-0.2, -0.15) is 13.2 Å². The van der Waals surface area contributed by atoms with Crippen molar-refractivity contribution in [2.24, 2.45) is 0 Å². The van der Waals surface area contributed by atoms with Crippen LogP contribution in [0.3, 0.4) is 0 Å². The molecule has 0 aliphatic heterocycles. The van der Waals surface area contributed by atoms with E-state index in [0.29, 0.717) is 22.4 Å². The fourth-order valence-corrected chi connectivity index (χ4v) is 3.56. The van der Waals surface area contributed by atoms with Crippen molar-refractivity contribution in [1.29, 1.82) is 0 Å². The molecule has 0 fully saturated rings. The van der Waals surface area contributed by atoms with E-state index >= 15 is 0 Å². The summed E-state index contributed by atoms with van der Waals surface area (Å²) in [5, 5.41) is 11.6. The third kappa shape index (κ3) is 6.01. The van der Waals surface area contributed by atoms with Crippen molar-refractivity contribution < 1.29 is 27.6 Å². The number of ether oxygens (including phenoxy) is 1. The van der Waals surface area contributed by atoms with Gasteiger partial charge in [0.25, 0.3) is 5.69 Å². The Morgan fingerprint density at radius 3 is 2.55 bits per heavy atom. The molecule has 0 aliphatic carbocycles. The van der Waals surface area contributed by atoms with E-state index in [2.05, 4.69) is 0 Å². The van der Waals surface area contributed by atoms with Gasteiger partial charge in [0.2, 0.25) is 5.91 Å². The van der Waals surface area contributed by atoms with Crippen LogP contribution < -0.4 is 4.74 Å². The quantitative estimate of drug-likeness (QED) is 0.337. The highest BCUT2D eigenvalue weighted by Gasteiger charge is 2.33. The Morgan fingerprint density at radius 2 is 1.97 bits per heavy atom. The van der Waals surface area contributed by atoms with Gasteiger partial charge >= 0.3 is 6.18 Å². The smallest absolute Gasteiger partial charge is 0.416 e. The second kappa shape index (κ2) is 9.36. The molecule has 0 N–H and O–H groups in total. The molecule has 2 rings (SSSR count). The van der Waals surface area contributed by atoms with E-state index in [-0.39, 0.29) is 23.1 Å². The normalized spacial score (nSPS) is 11.2. The van der Waals surface area contributed by atoms with Crippen LogP contribution in [0.25, 0.3) is 0 Å². The summed E-state index contributed by atoms with van der Waals surface area (Å²) in [4.78, 5) is 24.0. The summed E-state index contributed by atoms with van der Waals surface area (Å²) in [6.07, 6.45) is -4.69. The largest absolute Gasteiger partial charge is 0.496 e. The lowest BCUT2D eigenvalue weighted by Gasteiger charge is -2.19. The summed E-state index contributed by atoms with van der Waals surface area (Å²) >= 11 is 6.76. The number of nitrogens with zero attached hydrogens (tertiary/aromatic N) is 2. The zero-order valence-electron chi connectivity index (χ0n) is 15.3. The lowest BCUT2D eigenvalue weighted by molar-refractivity contribution is -0.388. The van der Waals surface area contributed by atoms with Crippen molar-refractivity contribution >= 4 is 35.0 Å². The number of carbonyl (C=O) groups is 1. The van der Waals surface area contributed by atoms with E-state index in [4.69, 9.17) is 16.3 Å². The van der Waals surface area contributed by atoms with E-state index in [9.17, 15) is 28.1 Å². The lowest BCUT2D eigenvalue weighted by atomic mass is 10.2. The zero-order valence-corrected chi connectivity index (χ0v) is 16.9. The van der Waals surface area contributed by atoms with Gasteiger partial charge < -0.3 is 9.64 Å². The predicted molar refractivity (Wildman–Crippen MR) is 103 cm³/mol. The molecule has 156 valence electrons. The van der Waals surface area contributed by atoms with Gasteiger partial charge in [0, 0.05) is 30.2 Å². The molecule has 11 heteroatoms. The van der Waals surface area contributed by atoms with Gasteiger partial charge in [0.15, 0.2) is 0 Å². The monoisotopic (exact) mass is 448 g/mol. The molecular formula is C18H16ClF3N2O4S. The summed E-state index contributed by atoms with van der Waals surface area (Å²) < 4.78 is 43.5. The number of nitro groups is 1. The Kier molecular flexibility index (Phi) is 7.37. The number of halogens is 4. The van der Waals surface area contributed by atoms with E-state index in [1.165, 1.54) is 19.1 Å². The number of carbonyl (C=O) groups excluding carboxylic acids is 1. The first-order valence-corrected chi connectivity index (χ1v) is 9.44. The molecule has 0 heterocycles. The van der Waals surface area contributed by atoms with E-state index < -0.39 is 22.4 Å². The summed E-state index contributed by atoms with van der Waals surface area (Å²) in [6, 6.07) is 7.17. The van der Waals surface area contributed by atoms with Gasteiger partial charge in [0.1, 0.15) is 5.75 Å². The molecule has 0 unspecified atom stereocenters. The lowest BCUT2D eigenvalue weighted by Crippen LogP contribution is -2.28. The first kappa shape index (κ1) is 22.8. The molecule has 0 atom stereocenters. The van der Waals surface area contributed by atoms with Crippen LogP contribution in [0.5, 0.6) is 5.75 Å². The highest BCUT2D eigenvalue weighted by Crippen LogP contribution is 2.36. The summed E-state index contributed by atoms with van der Waals surface area (Å²) in [7, 11) is 3.01. The van der Waals surface area contributed by atoms with Crippen LogP contribution in [0.15, 0.2) is 41.3 Å². The molecule has 0 bridgehead atoms. The maximum atomic E-state index is 12.8. The van der Waals surface area contributed by atoms with Gasteiger partial charge in [-0.1, -0.05) is 11.6 Å². The number of nitro benzene ring substituents is 1. The van der Waals surface area contributed by atoms with Gasteiger partial charge in [-0.25, -0.2) is 0 Å². The standard InChI is InChI=1S/C18H16ClF3N2O4S/c1-23(9-11-7-13(19)4-5-15(11)28-2)17(25)10-29-16-6-3-12(18(20,21)22)8-14(16)24(26)27/h3-8H,9-10H2,1-2H3. The van der Waals surface area contributed by atoms with Crippen molar-refractivity contribution in [2.75, 3.05) is 19.9 Å². The maximum absolute atomic E-state index is 12.8. The van der Waals surface area contributed by atoms with Crippen LogP contribution in [0.4, 0.5) is 18.9 Å². The highest BCUT2D eigenvalue weighted by molar-refractivity contribution is 8.00. The average molecular weight is 449 g/mol. The number of amides is 1. The molecule has 0 aromatic heterocycles. The van der Waals surface area contributed by atoms with Crippen molar-refractivity contribution in [3.8, 4) is 5.75 Å². The number of alkyl halides is 3. The number of rotatable bonds is 7. The molecule has 1 amide bonds. The summed E-state index contributed by atoms with van der Waals surface area (Å²) in [6.45, 7) is 0.179. The number of hydrogen-bond donors (Lipinski definition) is 0. The van der Waals surface area contributed by atoms with Crippen molar-refractivity contribution in [1.82, 2.24) is 4.90 Å². The van der Waals surface area contributed by atoms with Crippen LogP contribution in [0.2, 0.25) is 5.02 Å². The van der Waals surface area contributed by atoms with Gasteiger partial charge in [-0.3, -0.25) is 14.9 Å². The second-order valence-electron chi connectivity index (χ2n) is 5.93. The van der Waals surface area contributed by atoms with Crippen LogP contribution in [-0.2, 0) is 17.5 Å².